The molecule has 0 bridgehead atoms. The number of nitrogens with zero attached hydrogens (tertiary/aromatic N) is 4. The molecule has 6 nitrogen and oxygen atoms in total. The fourth-order valence-corrected chi connectivity index (χ4v) is 3.77. The molecule has 3 aromatic heterocycles. The van der Waals surface area contributed by atoms with Crippen LogP contribution in [-0.4, -0.2) is 25.7 Å². The zero-order valence-corrected chi connectivity index (χ0v) is 16.8. The second kappa shape index (κ2) is 6.90. The Balaban J connectivity index is 1.34. The van der Waals surface area contributed by atoms with E-state index in [0.717, 1.165) is 49.2 Å². The quantitative estimate of drug-likeness (QED) is 0.663. The molecule has 0 unspecified atom stereocenters. The van der Waals surface area contributed by atoms with Crippen molar-refractivity contribution in [1.82, 2.24) is 25.1 Å². The summed E-state index contributed by atoms with van der Waals surface area (Å²) in [6.07, 6.45) is 2.02. The lowest BCUT2D eigenvalue weighted by Gasteiger charge is -2.18. The number of aryl methyl sites for hydroxylation is 1. The van der Waals surface area contributed by atoms with E-state index >= 15 is 0 Å². The standard InChI is InChI=1S/C22H20F3N5O/c1-30-18(11-17(29-30)13-2-3-13)20(31)28-21(7-8-21)15-4-5-16(27-12-15)14-6-9-26-19(10-14)22(23,24)25/h4-6,9-13H,2-3,7-8H2,1H3,(H,28,31). The van der Waals surface area contributed by atoms with Crippen molar-refractivity contribution in [3.63, 3.8) is 0 Å². The number of hydrogen-bond donors (Lipinski definition) is 1. The van der Waals surface area contributed by atoms with Crippen molar-refractivity contribution >= 4 is 5.91 Å². The number of pyridine rings is 2. The van der Waals surface area contributed by atoms with Gasteiger partial charge in [0.15, 0.2) is 0 Å². The highest BCUT2D eigenvalue weighted by atomic mass is 19.4. The van der Waals surface area contributed by atoms with E-state index in [1.54, 1.807) is 24.0 Å². The fourth-order valence-electron chi connectivity index (χ4n) is 3.77. The van der Waals surface area contributed by atoms with Crippen LogP contribution in [0.4, 0.5) is 13.2 Å². The van der Waals surface area contributed by atoms with Crippen molar-refractivity contribution in [2.75, 3.05) is 0 Å². The van der Waals surface area contributed by atoms with Crippen LogP contribution in [-0.2, 0) is 18.8 Å². The molecule has 5 rings (SSSR count). The monoisotopic (exact) mass is 427 g/mol. The summed E-state index contributed by atoms with van der Waals surface area (Å²) in [5.41, 5.74) is 1.61. The summed E-state index contributed by atoms with van der Waals surface area (Å²) in [5.74, 6) is 0.276. The van der Waals surface area contributed by atoms with Crippen molar-refractivity contribution in [3.8, 4) is 11.3 Å². The molecule has 9 heteroatoms. The first kappa shape index (κ1) is 19.7. The van der Waals surface area contributed by atoms with Gasteiger partial charge in [-0.1, -0.05) is 6.07 Å². The summed E-state index contributed by atoms with van der Waals surface area (Å²) < 4.78 is 40.4. The van der Waals surface area contributed by atoms with Crippen LogP contribution in [0.3, 0.4) is 0 Å². The fraction of sp³-hybridized carbons (Fsp3) is 0.364. The third-order valence-corrected chi connectivity index (χ3v) is 5.89. The maximum Gasteiger partial charge on any atom is 0.433 e. The van der Waals surface area contributed by atoms with Gasteiger partial charge in [0, 0.05) is 30.9 Å². The van der Waals surface area contributed by atoms with Crippen molar-refractivity contribution in [2.24, 2.45) is 7.05 Å². The number of hydrogen-bond acceptors (Lipinski definition) is 4. The lowest BCUT2D eigenvalue weighted by molar-refractivity contribution is -0.141. The van der Waals surface area contributed by atoms with Gasteiger partial charge in [-0.2, -0.15) is 18.3 Å². The molecule has 31 heavy (non-hydrogen) atoms. The van der Waals surface area contributed by atoms with Gasteiger partial charge in [0.2, 0.25) is 0 Å². The molecule has 0 radical (unpaired) electrons. The maximum atomic E-state index is 12.9. The molecular weight excluding hydrogens is 407 g/mol. The van der Waals surface area contributed by atoms with Gasteiger partial charge in [0.1, 0.15) is 11.4 Å². The van der Waals surface area contributed by atoms with Gasteiger partial charge >= 0.3 is 6.18 Å². The third kappa shape index (κ3) is 3.80. The number of aromatic nitrogens is 4. The average Bonchev–Trinajstić information content (AvgIpc) is 3.67. The maximum absolute atomic E-state index is 12.9. The van der Waals surface area contributed by atoms with Crippen LogP contribution in [0, 0.1) is 0 Å². The summed E-state index contributed by atoms with van der Waals surface area (Å²) in [6, 6.07) is 7.81. The molecule has 2 aliphatic rings. The molecule has 2 fully saturated rings. The molecule has 0 saturated heterocycles. The number of halogens is 3. The number of amides is 1. The summed E-state index contributed by atoms with van der Waals surface area (Å²) in [7, 11) is 1.76. The summed E-state index contributed by atoms with van der Waals surface area (Å²) in [5, 5.41) is 7.55. The first-order valence-corrected chi connectivity index (χ1v) is 10.1. The van der Waals surface area contributed by atoms with Crippen LogP contribution in [0.5, 0.6) is 0 Å². The van der Waals surface area contributed by atoms with Crippen LogP contribution in [0.1, 0.15) is 59.0 Å². The van der Waals surface area contributed by atoms with Crippen molar-refractivity contribution < 1.29 is 18.0 Å². The van der Waals surface area contributed by atoms with E-state index in [9.17, 15) is 18.0 Å². The SMILES string of the molecule is Cn1nc(C2CC2)cc1C(=O)NC1(c2ccc(-c3ccnc(C(F)(F)F)c3)nc2)CC1. The minimum Gasteiger partial charge on any atom is -0.341 e. The number of nitrogens with one attached hydrogen (secondary N) is 1. The lowest BCUT2D eigenvalue weighted by atomic mass is 10.0. The van der Waals surface area contributed by atoms with Gasteiger partial charge in [-0.3, -0.25) is 19.4 Å². The third-order valence-electron chi connectivity index (χ3n) is 5.89. The normalized spacial score (nSPS) is 17.4. The molecule has 2 aliphatic carbocycles. The van der Waals surface area contributed by atoms with Gasteiger partial charge in [-0.15, -0.1) is 0 Å². The minimum absolute atomic E-state index is 0.188. The van der Waals surface area contributed by atoms with Crippen LogP contribution >= 0.6 is 0 Å². The van der Waals surface area contributed by atoms with Crippen LogP contribution in [0.2, 0.25) is 0 Å². The highest BCUT2D eigenvalue weighted by Crippen LogP contribution is 2.46. The Labute approximate surface area is 176 Å². The van der Waals surface area contributed by atoms with Crippen molar-refractivity contribution in [1.29, 1.82) is 0 Å². The summed E-state index contributed by atoms with van der Waals surface area (Å²) >= 11 is 0. The molecule has 0 aromatic carbocycles. The van der Waals surface area contributed by atoms with Gasteiger partial charge in [0.05, 0.1) is 16.9 Å². The van der Waals surface area contributed by atoms with Gasteiger partial charge < -0.3 is 5.32 Å². The topological polar surface area (TPSA) is 72.7 Å². The van der Waals surface area contributed by atoms with Gasteiger partial charge in [0.25, 0.3) is 5.91 Å². The van der Waals surface area contributed by atoms with E-state index in [4.69, 9.17) is 0 Å². The first-order chi connectivity index (χ1) is 14.7. The summed E-state index contributed by atoms with van der Waals surface area (Å²) in [4.78, 5) is 20.6. The minimum atomic E-state index is -4.51. The van der Waals surface area contributed by atoms with E-state index in [0.29, 0.717) is 22.9 Å². The van der Waals surface area contributed by atoms with E-state index in [-0.39, 0.29) is 5.91 Å². The molecule has 160 valence electrons. The predicted octanol–water partition coefficient (Wildman–Crippen LogP) is 4.19. The highest BCUT2D eigenvalue weighted by molar-refractivity contribution is 5.93. The molecular formula is C22H20F3N5O. The lowest BCUT2D eigenvalue weighted by Crippen LogP contribution is -2.36. The molecule has 3 aromatic rings. The predicted molar refractivity (Wildman–Crippen MR) is 106 cm³/mol. The molecule has 0 atom stereocenters. The Hall–Kier alpha value is -3.23. The Kier molecular flexibility index (Phi) is 4.39. The summed E-state index contributed by atoms with van der Waals surface area (Å²) in [6.45, 7) is 0. The van der Waals surface area contributed by atoms with Crippen LogP contribution in [0.15, 0.2) is 42.7 Å². The molecule has 0 spiro atoms. The largest absolute Gasteiger partial charge is 0.433 e. The average molecular weight is 427 g/mol. The Morgan fingerprint density at radius 2 is 1.94 bits per heavy atom. The zero-order valence-electron chi connectivity index (χ0n) is 16.8. The Morgan fingerprint density at radius 3 is 2.55 bits per heavy atom. The smallest absolute Gasteiger partial charge is 0.341 e. The zero-order chi connectivity index (χ0) is 21.8. The van der Waals surface area contributed by atoms with Crippen molar-refractivity contribution in [3.05, 3.63) is 65.4 Å². The van der Waals surface area contributed by atoms with E-state index in [2.05, 4.69) is 20.4 Å². The molecule has 2 saturated carbocycles. The van der Waals surface area contributed by atoms with E-state index in [1.165, 1.54) is 6.07 Å². The number of alkyl halides is 3. The second-order valence-electron chi connectivity index (χ2n) is 8.25. The number of rotatable bonds is 5. The Morgan fingerprint density at radius 1 is 1.16 bits per heavy atom. The molecule has 0 aliphatic heterocycles. The number of carbonyl (C=O) groups excluding carboxylic acids is 1. The van der Waals surface area contributed by atoms with Crippen LogP contribution in [0.25, 0.3) is 11.3 Å². The highest BCUT2D eigenvalue weighted by Gasteiger charge is 2.46. The molecule has 3 heterocycles. The first-order valence-electron chi connectivity index (χ1n) is 10.1. The number of carbonyl (C=O) groups is 1. The second-order valence-corrected chi connectivity index (χ2v) is 8.25. The van der Waals surface area contributed by atoms with Gasteiger partial charge in [-0.05, 0) is 55.5 Å². The Bertz CT molecular complexity index is 1140. The molecule has 1 N–H and O–H groups in total. The van der Waals surface area contributed by atoms with Crippen LogP contribution < -0.4 is 5.32 Å². The van der Waals surface area contributed by atoms with Crippen molar-refractivity contribution in [2.45, 2.75) is 43.3 Å². The molecule has 1 amide bonds. The van der Waals surface area contributed by atoms with E-state index in [1.807, 2.05) is 12.1 Å². The van der Waals surface area contributed by atoms with E-state index < -0.39 is 17.4 Å². The van der Waals surface area contributed by atoms with Gasteiger partial charge in [-0.25, -0.2) is 0 Å².